The van der Waals surface area contributed by atoms with E-state index in [-0.39, 0.29) is 11.7 Å². The molecule has 0 aliphatic carbocycles. The lowest BCUT2D eigenvalue weighted by Gasteiger charge is -2.22. The fourth-order valence-corrected chi connectivity index (χ4v) is 4.16. The topological polar surface area (TPSA) is 67.5 Å². The molecule has 0 aliphatic rings. The van der Waals surface area contributed by atoms with Gasteiger partial charge in [0, 0.05) is 42.5 Å². The number of rotatable bonds is 8. The summed E-state index contributed by atoms with van der Waals surface area (Å²) in [6.07, 6.45) is 6.51. The Morgan fingerprint density at radius 2 is 2.06 bits per heavy atom. The van der Waals surface area contributed by atoms with E-state index in [0.717, 1.165) is 22.9 Å². The van der Waals surface area contributed by atoms with E-state index in [4.69, 9.17) is 0 Å². The number of aliphatic hydroxyl groups is 1. The van der Waals surface area contributed by atoms with Gasteiger partial charge in [0.05, 0.1) is 6.21 Å². The molecule has 0 fully saturated rings. The van der Waals surface area contributed by atoms with Gasteiger partial charge in [-0.3, -0.25) is 9.79 Å². The molecule has 0 saturated heterocycles. The number of hydrogen-bond acceptors (Lipinski definition) is 4. The summed E-state index contributed by atoms with van der Waals surface area (Å²) >= 11 is 3.51. The maximum Gasteiger partial charge on any atom is 0.237 e. The van der Waals surface area contributed by atoms with E-state index in [0.29, 0.717) is 23.3 Å². The quantitative estimate of drug-likeness (QED) is 0.262. The molecule has 0 spiro atoms. The summed E-state index contributed by atoms with van der Waals surface area (Å²) in [5.41, 5.74) is 3.30. The van der Waals surface area contributed by atoms with Gasteiger partial charge in [0.2, 0.25) is 5.78 Å². The highest BCUT2D eigenvalue weighted by molar-refractivity contribution is 9.10. The lowest BCUT2D eigenvalue weighted by Crippen LogP contribution is -2.10. The minimum atomic E-state index is -0.579. The van der Waals surface area contributed by atoms with Crippen LogP contribution in [0.5, 0.6) is 0 Å². The van der Waals surface area contributed by atoms with Crippen LogP contribution in [0.4, 0.5) is 4.39 Å². The van der Waals surface area contributed by atoms with E-state index in [1.165, 1.54) is 25.3 Å². The van der Waals surface area contributed by atoms with E-state index < -0.39 is 11.5 Å². The van der Waals surface area contributed by atoms with E-state index in [1.54, 1.807) is 18.5 Å². The molecule has 1 atom stereocenters. The van der Waals surface area contributed by atoms with Crippen LogP contribution in [0.1, 0.15) is 34.9 Å². The summed E-state index contributed by atoms with van der Waals surface area (Å²) in [5.74, 6) is -0.813. The van der Waals surface area contributed by atoms with Crippen molar-refractivity contribution in [2.24, 2.45) is 4.99 Å². The zero-order chi connectivity index (χ0) is 22.4. The lowest BCUT2D eigenvalue weighted by atomic mass is 9.86. The standard InChI is InChI=1S/C24H23BrFN3O2/c1-16-5-3-4-6-18(16)19(20-8-7-17(26)13-21(20)25)9-11-29-12-10-28-24(29)14-22(30)23(31)15-27-2/h3-8,10,12-15,19,30H,9,11H2,1-2H3/b22-14-,27-15-/t19-/m1/s1. The average Bonchev–Trinajstić information content (AvgIpc) is 3.17. The monoisotopic (exact) mass is 483 g/mol. The van der Waals surface area contributed by atoms with Crippen molar-refractivity contribution in [1.29, 1.82) is 0 Å². The van der Waals surface area contributed by atoms with E-state index in [2.05, 4.69) is 45.0 Å². The molecule has 5 nitrogen and oxygen atoms in total. The number of aliphatic hydroxyl groups excluding tert-OH is 1. The fraction of sp³-hybridized carbons (Fsp3) is 0.208. The summed E-state index contributed by atoms with van der Waals surface area (Å²) in [5, 5.41) is 10.0. The molecule has 0 radical (unpaired) electrons. The van der Waals surface area contributed by atoms with Crippen molar-refractivity contribution in [3.63, 3.8) is 0 Å². The highest BCUT2D eigenvalue weighted by atomic mass is 79.9. The molecule has 0 saturated carbocycles. The summed E-state index contributed by atoms with van der Waals surface area (Å²) in [6.45, 7) is 2.64. The molecule has 31 heavy (non-hydrogen) atoms. The Balaban J connectivity index is 1.91. The largest absolute Gasteiger partial charge is 0.504 e. The third-order valence-electron chi connectivity index (χ3n) is 5.07. The molecule has 160 valence electrons. The first-order chi connectivity index (χ1) is 14.9. The van der Waals surface area contributed by atoms with Crippen LogP contribution in [-0.2, 0) is 11.3 Å². The molecule has 0 aliphatic heterocycles. The molecule has 1 aromatic heterocycles. The van der Waals surface area contributed by atoms with Gasteiger partial charge in [-0.05, 0) is 42.2 Å². The third-order valence-corrected chi connectivity index (χ3v) is 5.76. The number of aliphatic imine (C=N–C) groups is 1. The Morgan fingerprint density at radius 1 is 1.29 bits per heavy atom. The molecule has 3 rings (SSSR count). The minimum absolute atomic E-state index is 0.0119. The molecule has 0 unspecified atom stereocenters. The van der Waals surface area contributed by atoms with Crippen LogP contribution in [0.25, 0.3) is 6.08 Å². The Kier molecular flexibility index (Phi) is 7.52. The van der Waals surface area contributed by atoms with Crippen molar-refractivity contribution in [2.75, 3.05) is 7.05 Å². The lowest BCUT2D eigenvalue weighted by molar-refractivity contribution is -0.111. The normalized spacial score (nSPS) is 13.0. The van der Waals surface area contributed by atoms with Gasteiger partial charge in [-0.1, -0.05) is 46.3 Å². The van der Waals surface area contributed by atoms with Gasteiger partial charge in [-0.2, -0.15) is 0 Å². The first-order valence-electron chi connectivity index (χ1n) is 9.79. The van der Waals surface area contributed by atoms with Crippen molar-refractivity contribution >= 4 is 34.0 Å². The Bertz CT molecular complexity index is 1140. The Labute approximate surface area is 189 Å². The molecular formula is C24H23BrFN3O2. The fourth-order valence-electron chi connectivity index (χ4n) is 3.54. The number of halogens is 2. The number of aromatic nitrogens is 2. The van der Waals surface area contributed by atoms with Gasteiger partial charge < -0.3 is 9.67 Å². The van der Waals surface area contributed by atoms with Crippen LogP contribution in [0.15, 0.2) is 70.1 Å². The zero-order valence-electron chi connectivity index (χ0n) is 17.3. The average molecular weight is 484 g/mol. The number of carbonyl (C=O) groups is 1. The molecule has 1 N–H and O–H groups in total. The van der Waals surface area contributed by atoms with Gasteiger partial charge in [0.15, 0.2) is 5.76 Å². The van der Waals surface area contributed by atoms with Crippen molar-refractivity contribution in [2.45, 2.75) is 25.8 Å². The number of Topliss-reactive ketones (excluding diaryl/α,β-unsaturated/α-hetero) is 1. The molecule has 7 heteroatoms. The molecule has 2 aromatic carbocycles. The number of carbonyl (C=O) groups excluding carboxylic acids is 1. The number of ketones is 1. The number of aryl methyl sites for hydroxylation is 2. The second-order valence-corrected chi connectivity index (χ2v) is 7.98. The predicted octanol–water partition coefficient (Wildman–Crippen LogP) is 5.48. The molecule has 3 aromatic rings. The van der Waals surface area contributed by atoms with Gasteiger partial charge in [-0.25, -0.2) is 9.37 Å². The smallest absolute Gasteiger partial charge is 0.237 e. The molecule has 0 amide bonds. The van der Waals surface area contributed by atoms with Gasteiger partial charge >= 0.3 is 0 Å². The second-order valence-electron chi connectivity index (χ2n) is 7.12. The van der Waals surface area contributed by atoms with Crippen LogP contribution in [0, 0.1) is 12.7 Å². The summed E-state index contributed by atoms with van der Waals surface area (Å²) in [6, 6.07) is 12.9. The molecule has 0 bridgehead atoms. The van der Waals surface area contributed by atoms with Crippen molar-refractivity contribution < 1.29 is 14.3 Å². The van der Waals surface area contributed by atoms with E-state index >= 15 is 0 Å². The van der Waals surface area contributed by atoms with Gasteiger partial charge in [0.1, 0.15) is 11.6 Å². The van der Waals surface area contributed by atoms with Crippen LogP contribution < -0.4 is 0 Å². The highest BCUT2D eigenvalue weighted by Gasteiger charge is 2.20. The second kappa shape index (κ2) is 10.3. The first-order valence-corrected chi connectivity index (χ1v) is 10.6. The Hall–Kier alpha value is -3.06. The maximum absolute atomic E-state index is 13.7. The SMILES string of the molecule is C/N=C\C(=O)/C(O)=C/c1nccn1CC[C@H](c1ccccc1C)c1ccc(F)cc1Br. The Morgan fingerprint density at radius 3 is 2.77 bits per heavy atom. The number of benzene rings is 2. The van der Waals surface area contributed by atoms with Crippen molar-refractivity contribution in [1.82, 2.24) is 9.55 Å². The van der Waals surface area contributed by atoms with Crippen LogP contribution in [-0.4, -0.2) is 33.7 Å². The van der Waals surface area contributed by atoms with E-state index in [9.17, 15) is 14.3 Å². The van der Waals surface area contributed by atoms with Crippen LogP contribution >= 0.6 is 15.9 Å². The molecule has 1 heterocycles. The first kappa shape index (κ1) is 22.6. The highest BCUT2D eigenvalue weighted by Crippen LogP contribution is 2.35. The zero-order valence-corrected chi connectivity index (χ0v) is 18.9. The number of imidazole rings is 1. The van der Waals surface area contributed by atoms with E-state index in [1.807, 2.05) is 16.7 Å². The van der Waals surface area contributed by atoms with Crippen molar-refractivity contribution in [3.8, 4) is 0 Å². The van der Waals surface area contributed by atoms with Crippen LogP contribution in [0.3, 0.4) is 0 Å². The predicted molar refractivity (Wildman–Crippen MR) is 124 cm³/mol. The van der Waals surface area contributed by atoms with Crippen molar-refractivity contribution in [3.05, 3.63) is 93.4 Å². The maximum atomic E-state index is 13.7. The number of nitrogens with zero attached hydrogens (tertiary/aromatic N) is 3. The van der Waals surface area contributed by atoms with Gasteiger partial charge in [-0.15, -0.1) is 0 Å². The number of allylic oxidation sites excluding steroid dienone is 1. The minimum Gasteiger partial charge on any atom is -0.504 e. The summed E-state index contributed by atoms with van der Waals surface area (Å²) < 4.78 is 16.3. The third kappa shape index (κ3) is 5.55. The number of hydrogen-bond donors (Lipinski definition) is 1. The van der Waals surface area contributed by atoms with Crippen LogP contribution in [0.2, 0.25) is 0 Å². The summed E-state index contributed by atoms with van der Waals surface area (Å²) in [4.78, 5) is 19.6. The van der Waals surface area contributed by atoms with Gasteiger partial charge in [0.25, 0.3) is 0 Å². The summed E-state index contributed by atoms with van der Waals surface area (Å²) in [7, 11) is 1.46. The molecular weight excluding hydrogens is 461 g/mol.